The van der Waals surface area contributed by atoms with E-state index in [2.05, 4.69) is 5.16 Å². The van der Waals surface area contributed by atoms with Gasteiger partial charge in [0.2, 0.25) is 0 Å². The van der Waals surface area contributed by atoms with Gasteiger partial charge in [0, 0.05) is 11.4 Å². The van der Waals surface area contributed by atoms with Gasteiger partial charge in [-0.3, -0.25) is 0 Å². The standard InChI is InChI=1S/C16H14ClNO2/c1-19-14-8-4-12(5-9-14)16-10-15(18-20-16)11-2-6-13(17)7-3-11/h2-9,16H,10H2,1H3. The molecule has 0 fully saturated rings. The summed E-state index contributed by atoms with van der Waals surface area (Å²) in [5.41, 5.74) is 3.09. The molecule has 0 radical (unpaired) electrons. The van der Waals surface area contributed by atoms with Crippen LogP contribution in [0.25, 0.3) is 0 Å². The first-order valence-corrected chi connectivity index (χ1v) is 6.76. The van der Waals surface area contributed by atoms with Crippen LogP contribution < -0.4 is 4.74 Å². The maximum atomic E-state index is 5.89. The van der Waals surface area contributed by atoms with Crippen molar-refractivity contribution in [2.45, 2.75) is 12.5 Å². The lowest BCUT2D eigenvalue weighted by Crippen LogP contribution is -2.01. The number of hydrogen-bond acceptors (Lipinski definition) is 3. The molecular formula is C16H14ClNO2. The predicted molar refractivity (Wildman–Crippen MR) is 79.4 cm³/mol. The lowest BCUT2D eigenvalue weighted by molar-refractivity contribution is 0.0857. The maximum Gasteiger partial charge on any atom is 0.158 e. The normalized spacial score (nSPS) is 17.5. The molecule has 1 unspecified atom stereocenters. The molecule has 3 rings (SSSR count). The van der Waals surface area contributed by atoms with E-state index < -0.39 is 0 Å². The Morgan fingerprint density at radius 1 is 1.10 bits per heavy atom. The number of oxime groups is 1. The molecule has 0 N–H and O–H groups in total. The van der Waals surface area contributed by atoms with Gasteiger partial charge in [0.05, 0.1) is 12.8 Å². The third kappa shape index (κ3) is 2.63. The summed E-state index contributed by atoms with van der Waals surface area (Å²) in [6, 6.07) is 15.5. The van der Waals surface area contributed by atoms with Crippen molar-refractivity contribution in [2.24, 2.45) is 5.16 Å². The first-order chi connectivity index (χ1) is 9.76. The van der Waals surface area contributed by atoms with Gasteiger partial charge in [-0.05, 0) is 35.4 Å². The van der Waals surface area contributed by atoms with E-state index >= 15 is 0 Å². The molecule has 102 valence electrons. The summed E-state index contributed by atoms with van der Waals surface area (Å²) in [6.45, 7) is 0. The van der Waals surface area contributed by atoms with E-state index in [-0.39, 0.29) is 6.10 Å². The summed E-state index contributed by atoms with van der Waals surface area (Å²) in [4.78, 5) is 5.52. The minimum atomic E-state index is -0.0356. The minimum absolute atomic E-state index is 0.0356. The van der Waals surface area contributed by atoms with Crippen LogP contribution in [0.3, 0.4) is 0 Å². The molecule has 0 spiro atoms. The summed E-state index contributed by atoms with van der Waals surface area (Å²) in [6.07, 6.45) is 0.722. The van der Waals surface area contributed by atoms with E-state index in [4.69, 9.17) is 21.2 Å². The lowest BCUT2D eigenvalue weighted by atomic mass is 10.0. The quantitative estimate of drug-likeness (QED) is 0.846. The van der Waals surface area contributed by atoms with Crippen LogP contribution in [-0.2, 0) is 4.84 Å². The molecule has 0 aliphatic carbocycles. The van der Waals surface area contributed by atoms with Crippen LogP contribution in [0.15, 0.2) is 53.7 Å². The minimum Gasteiger partial charge on any atom is -0.497 e. The van der Waals surface area contributed by atoms with E-state index in [9.17, 15) is 0 Å². The van der Waals surface area contributed by atoms with Crippen molar-refractivity contribution in [3.8, 4) is 5.75 Å². The largest absolute Gasteiger partial charge is 0.497 e. The van der Waals surface area contributed by atoms with E-state index in [0.29, 0.717) is 0 Å². The van der Waals surface area contributed by atoms with Crippen molar-refractivity contribution in [3.05, 3.63) is 64.7 Å². The predicted octanol–water partition coefficient (Wildman–Crippen LogP) is 4.21. The van der Waals surface area contributed by atoms with Gasteiger partial charge in [-0.2, -0.15) is 0 Å². The highest BCUT2D eigenvalue weighted by atomic mass is 35.5. The fourth-order valence-electron chi connectivity index (χ4n) is 2.19. The monoisotopic (exact) mass is 287 g/mol. The highest BCUT2D eigenvalue weighted by Crippen LogP contribution is 2.30. The Labute approximate surface area is 122 Å². The van der Waals surface area contributed by atoms with E-state index in [1.807, 2.05) is 48.5 Å². The number of benzene rings is 2. The zero-order valence-electron chi connectivity index (χ0n) is 11.0. The van der Waals surface area contributed by atoms with Crippen LogP contribution in [0.4, 0.5) is 0 Å². The van der Waals surface area contributed by atoms with Crippen LogP contribution in [-0.4, -0.2) is 12.8 Å². The molecule has 0 aromatic heterocycles. The topological polar surface area (TPSA) is 30.8 Å². The fourth-order valence-corrected chi connectivity index (χ4v) is 2.31. The number of nitrogens with zero attached hydrogens (tertiary/aromatic N) is 1. The van der Waals surface area contributed by atoms with E-state index in [1.54, 1.807) is 7.11 Å². The van der Waals surface area contributed by atoms with Gasteiger partial charge in [0.25, 0.3) is 0 Å². The van der Waals surface area contributed by atoms with Crippen molar-refractivity contribution >= 4 is 17.3 Å². The van der Waals surface area contributed by atoms with Crippen LogP contribution in [0.1, 0.15) is 23.7 Å². The molecule has 4 heteroatoms. The number of methoxy groups -OCH3 is 1. The van der Waals surface area contributed by atoms with Crippen molar-refractivity contribution in [1.82, 2.24) is 0 Å². The van der Waals surface area contributed by atoms with Crippen molar-refractivity contribution < 1.29 is 9.57 Å². The molecule has 0 saturated heterocycles. The van der Waals surface area contributed by atoms with Crippen LogP contribution in [0.5, 0.6) is 5.75 Å². The molecule has 20 heavy (non-hydrogen) atoms. The molecule has 0 saturated carbocycles. The number of rotatable bonds is 3. The fraction of sp³-hybridized carbons (Fsp3) is 0.188. The second-order valence-corrected chi connectivity index (χ2v) is 5.05. The highest BCUT2D eigenvalue weighted by Gasteiger charge is 2.23. The molecule has 2 aromatic rings. The van der Waals surface area contributed by atoms with Gasteiger partial charge in [0.15, 0.2) is 6.10 Å². The number of halogens is 1. The number of hydrogen-bond donors (Lipinski definition) is 0. The zero-order chi connectivity index (χ0) is 13.9. The molecule has 3 nitrogen and oxygen atoms in total. The van der Waals surface area contributed by atoms with Gasteiger partial charge in [-0.1, -0.05) is 41.0 Å². The summed E-state index contributed by atoms with van der Waals surface area (Å²) in [5, 5.41) is 4.90. The average molecular weight is 288 g/mol. The average Bonchev–Trinajstić information content (AvgIpc) is 2.98. The second kappa shape index (κ2) is 5.55. The molecular weight excluding hydrogens is 274 g/mol. The Bertz CT molecular complexity index is 620. The second-order valence-electron chi connectivity index (χ2n) is 4.62. The SMILES string of the molecule is COc1ccc(C2CC(c3ccc(Cl)cc3)=NO2)cc1. The van der Waals surface area contributed by atoms with Gasteiger partial charge in [-0.25, -0.2) is 0 Å². The van der Waals surface area contributed by atoms with Gasteiger partial charge < -0.3 is 9.57 Å². The Balaban J connectivity index is 1.73. The molecule has 1 aliphatic heterocycles. The van der Waals surface area contributed by atoms with Crippen LogP contribution in [0.2, 0.25) is 5.02 Å². The molecule has 2 aromatic carbocycles. The lowest BCUT2D eigenvalue weighted by Gasteiger charge is -2.09. The first kappa shape index (κ1) is 13.0. The highest BCUT2D eigenvalue weighted by molar-refractivity contribution is 6.30. The van der Waals surface area contributed by atoms with Crippen molar-refractivity contribution in [3.63, 3.8) is 0 Å². The molecule has 1 heterocycles. The van der Waals surface area contributed by atoms with Crippen molar-refractivity contribution in [2.75, 3.05) is 7.11 Å². The van der Waals surface area contributed by atoms with Gasteiger partial charge in [0.1, 0.15) is 5.75 Å². The Morgan fingerprint density at radius 2 is 1.80 bits per heavy atom. The summed E-state index contributed by atoms with van der Waals surface area (Å²) in [5.74, 6) is 0.839. The van der Waals surface area contributed by atoms with E-state index in [1.165, 1.54) is 0 Å². The van der Waals surface area contributed by atoms with Gasteiger partial charge in [-0.15, -0.1) is 0 Å². The van der Waals surface area contributed by atoms with Crippen LogP contribution >= 0.6 is 11.6 Å². The molecule has 0 amide bonds. The third-order valence-electron chi connectivity index (χ3n) is 3.33. The van der Waals surface area contributed by atoms with Crippen molar-refractivity contribution in [1.29, 1.82) is 0 Å². The zero-order valence-corrected chi connectivity index (χ0v) is 11.8. The smallest absolute Gasteiger partial charge is 0.158 e. The Hall–Kier alpha value is -2.00. The van der Waals surface area contributed by atoms with Gasteiger partial charge >= 0.3 is 0 Å². The molecule has 0 bridgehead atoms. The maximum absolute atomic E-state index is 5.89. The summed E-state index contributed by atoms with van der Waals surface area (Å²) < 4.78 is 5.15. The number of ether oxygens (including phenoxy) is 1. The van der Waals surface area contributed by atoms with E-state index in [0.717, 1.165) is 34.0 Å². The molecule has 1 atom stereocenters. The third-order valence-corrected chi connectivity index (χ3v) is 3.59. The van der Waals surface area contributed by atoms with Crippen LogP contribution in [0, 0.1) is 0 Å². The first-order valence-electron chi connectivity index (χ1n) is 6.39. The Kier molecular flexibility index (Phi) is 3.61. The summed E-state index contributed by atoms with van der Waals surface area (Å²) >= 11 is 5.89. The summed E-state index contributed by atoms with van der Waals surface area (Å²) in [7, 11) is 1.66. The molecule has 1 aliphatic rings. The Morgan fingerprint density at radius 3 is 2.45 bits per heavy atom.